The number of esters is 1. The van der Waals surface area contributed by atoms with E-state index in [1.54, 1.807) is 12.2 Å². The van der Waals surface area contributed by atoms with Crippen molar-refractivity contribution < 1.29 is 24.2 Å². The average molecular weight is 297 g/mol. The molecule has 0 saturated carbocycles. The highest BCUT2D eigenvalue weighted by Crippen LogP contribution is 2.34. The summed E-state index contributed by atoms with van der Waals surface area (Å²) < 4.78 is 10.5. The molecule has 1 unspecified atom stereocenters. The van der Waals surface area contributed by atoms with Gasteiger partial charge in [0, 0.05) is 5.57 Å². The van der Waals surface area contributed by atoms with E-state index < -0.39 is 12.1 Å². The third-order valence-corrected chi connectivity index (χ3v) is 3.93. The van der Waals surface area contributed by atoms with Gasteiger partial charge >= 0.3 is 5.97 Å². The van der Waals surface area contributed by atoms with E-state index in [1.165, 1.54) is 0 Å². The van der Waals surface area contributed by atoms with Crippen molar-refractivity contribution in [3.05, 3.63) is 23.0 Å². The van der Waals surface area contributed by atoms with Gasteiger partial charge < -0.3 is 14.6 Å². The van der Waals surface area contributed by atoms with Crippen molar-refractivity contribution in [3.63, 3.8) is 0 Å². The van der Waals surface area contributed by atoms with Gasteiger partial charge in [-0.15, -0.1) is 0 Å². The minimum Gasteiger partial charge on any atom is -0.497 e. The first-order chi connectivity index (χ1) is 10.0. The van der Waals surface area contributed by atoms with Gasteiger partial charge in [0.25, 0.3) is 0 Å². The first kappa shape index (κ1) is 16.0. The Labute approximate surface area is 124 Å². The third kappa shape index (κ3) is 2.97. The molecule has 0 aromatic carbocycles. The molecule has 118 valence electrons. The summed E-state index contributed by atoms with van der Waals surface area (Å²) in [6.07, 6.45) is 1.55. The van der Waals surface area contributed by atoms with E-state index in [0.717, 1.165) is 16.9 Å². The standard InChI is InChI=1S/C15H23NO5/c1-5-10(14(19-4)9(2)3)6-16-13-11(8-20-15(13)18)12(7-17)21-16/h5,11-13,17H,6-8H2,1-4H3/b10-5-/t11-,12?,13+/m1/s1. The average Bonchev–Trinajstić information content (AvgIpc) is 2.99. The van der Waals surface area contributed by atoms with E-state index in [9.17, 15) is 9.90 Å². The number of hydroxylamine groups is 2. The van der Waals surface area contributed by atoms with Crippen LogP contribution in [0.4, 0.5) is 0 Å². The lowest BCUT2D eigenvalue weighted by Crippen LogP contribution is -2.36. The Balaban J connectivity index is 2.18. The van der Waals surface area contributed by atoms with E-state index in [4.69, 9.17) is 14.3 Å². The summed E-state index contributed by atoms with van der Waals surface area (Å²) in [7, 11) is 1.62. The van der Waals surface area contributed by atoms with Crippen molar-refractivity contribution in [1.29, 1.82) is 0 Å². The van der Waals surface area contributed by atoms with Gasteiger partial charge in [-0.05, 0) is 26.3 Å². The fourth-order valence-corrected chi connectivity index (χ4v) is 2.91. The van der Waals surface area contributed by atoms with Crippen LogP contribution in [0.5, 0.6) is 0 Å². The van der Waals surface area contributed by atoms with Gasteiger partial charge in [-0.25, -0.2) is 0 Å². The SMILES string of the molecule is C/C=C(/CN1OC(CO)[C@H]2COC(=O)[C@H]21)C(OC)=C(C)C. The van der Waals surface area contributed by atoms with Crippen LogP contribution in [0.25, 0.3) is 0 Å². The van der Waals surface area contributed by atoms with Crippen molar-refractivity contribution in [2.75, 3.05) is 26.9 Å². The number of hydrogen-bond acceptors (Lipinski definition) is 6. The summed E-state index contributed by atoms with van der Waals surface area (Å²) in [6, 6.07) is -0.452. The molecule has 3 atom stereocenters. The Hall–Kier alpha value is -1.37. The number of carbonyl (C=O) groups is 1. The topological polar surface area (TPSA) is 68.2 Å². The zero-order valence-corrected chi connectivity index (χ0v) is 13.0. The Morgan fingerprint density at radius 1 is 1.52 bits per heavy atom. The van der Waals surface area contributed by atoms with E-state index in [-0.39, 0.29) is 18.5 Å². The molecule has 2 saturated heterocycles. The van der Waals surface area contributed by atoms with Crippen LogP contribution in [0.1, 0.15) is 20.8 Å². The van der Waals surface area contributed by atoms with Gasteiger partial charge in [0.2, 0.25) is 0 Å². The molecular weight excluding hydrogens is 274 g/mol. The number of allylic oxidation sites excluding steroid dienone is 2. The number of carbonyl (C=O) groups excluding carboxylic acids is 1. The van der Waals surface area contributed by atoms with Gasteiger partial charge in [-0.2, -0.15) is 5.06 Å². The molecule has 0 aromatic heterocycles. The largest absolute Gasteiger partial charge is 0.497 e. The van der Waals surface area contributed by atoms with Crippen LogP contribution < -0.4 is 0 Å². The molecule has 2 rings (SSSR count). The van der Waals surface area contributed by atoms with E-state index in [2.05, 4.69) is 0 Å². The summed E-state index contributed by atoms with van der Waals surface area (Å²) in [4.78, 5) is 17.6. The fraction of sp³-hybridized carbons (Fsp3) is 0.667. The van der Waals surface area contributed by atoms with Gasteiger partial charge in [0.15, 0.2) is 0 Å². The smallest absolute Gasteiger partial charge is 0.326 e. The maximum atomic E-state index is 11.9. The molecular formula is C15H23NO5. The number of aliphatic hydroxyl groups is 1. The number of hydrogen-bond donors (Lipinski definition) is 1. The van der Waals surface area contributed by atoms with Crippen LogP contribution in [0, 0.1) is 5.92 Å². The van der Waals surface area contributed by atoms with E-state index in [1.807, 2.05) is 26.8 Å². The lowest BCUT2D eigenvalue weighted by Gasteiger charge is -2.22. The lowest BCUT2D eigenvalue weighted by molar-refractivity contribution is -0.184. The number of fused-ring (bicyclic) bond motifs is 1. The Kier molecular flexibility index (Phi) is 5.03. The molecule has 0 aromatic rings. The Bertz CT molecular complexity index is 467. The number of ether oxygens (including phenoxy) is 2. The summed E-state index contributed by atoms with van der Waals surface area (Å²) in [5.41, 5.74) is 1.99. The number of aliphatic hydroxyl groups excluding tert-OH is 1. The molecule has 1 N–H and O–H groups in total. The second kappa shape index (κ2) is 6.60. The zero-order chi connectivity index (χ0) is 15.6. The van der Waals surface area contributed by atoms with Crippen molar-refractivity contribution in [1.82, 2.24) is 5.06 Å². The summed E-state index contributed by atoms with van der Waals surface area (Å²) in [5, 5.41) is 11.0. The molecule has 6 nitrogen and oxygen atoms in total. The zero-order valence-electron chi connectivity index (χ0n) is 13.0. The van der Waals surface area contributed by atoms with Crippen LogP contribution in [-0.4, -0.2) is 55.2 Å². The first-order valence-electron chi connectivity index (χ1n) is 7.11. The third-order valence-electron chi connectivity index (χ3n) is 3.93. The first-order valence-corrected chi connectivity index (χ1v) is 7.11. The Morgan fingerprint density at radius 2 is 2.24 bits per heavy atom. The molecule has 0 bridgehead atoms. The van der Waals surface area contributed by atoms with Crippen molar-refractivity contribution in [2.24, 2.45) is 5.92 Å². The minimum absolute atomic E-state index is 0.113. The molecule has 0 spiro atoms. The second-order valence-electron chi connectivity index (χ2n) is 5.49. The van der Waals surface area contributed by atoms with E-state index >= 15 is 0 Å². The predicted octanol–water partition coefficient (Wildman–Crippen LogP) is 1.02. The van der Waals surface area contributed by atoms with Gasteiger partial charge in [-0.1, -0.05) is 6.08 Å². The summed E-state index contributed by atoms with van der Waals surface area (Å²) >= 11 is 0. The second-order valence-corrected chi connectivity index (χ2v) is 5.49. The molecule has 0 amide bonds. The van der Waals surface area contributed by atoms with Crippen LogP contribution in [0.3, 0.4) is 0 Å². The highest BCUT2D eigenvalue weighted by Gasteiger charge is 2.52. The van der Waals surface area contributed by atoms with Crippen LogP contribution in [-0.2, 0) is 19.1 Å². The van der Waals surface area contributed by atoms with Gasteiger partial charge in [0.1, 0.15) is 17.9 Å². The van der Waals surface area contributed by atoms with Gasteiger partial charge in [0.05, 0.1) is 32.8 Å². The minimum atomic E-state index is -0.452. The lowest BCUT2D eigenvalue weighted by atomic mass is 9.98. The molecule has 2 aliphatic heterocycles. The maximum Gasteiger partial charge on any atom is 0.326 e. The molecule has 2 heterocycles. The number of rotatable bonds is 5. The number of nitrogens with zero attached hydrogens (tertiary/aromatic N) is 1. The van der Waals surface area contributed by atoms with Crippen molar-refractivity contribution in [3.8, 4) is 0 Å². The number of methoxy groups -OCH3 is 1. The highest BCUT2D eigenvalue weighted by molar-refractivity contribution is 5.78. The number of cyclic esters (lactones) is 1. The van der Waals surface area contributed by atoms with Crippen LogP contribution in [0.2, 0.25) is 0 Å². The molecule has 2 aliphatic rings. The van der Waals surface area contributed by atoms with E-state index in [0.29, 0.717) is 13.2 Å². The molecule has 2 fully saturated rings. The van der Waals surface area contributed by atoms with Crippen LogP contribution in [0.15, 0.2) is 23.0 Å². The molecule has 0 radical (unpaired) electrons. The molecule has 21 heavy (non-hydrogen) atoms. The quantitative estimate of drug-likeness (QED) is 0.464. The van der Waals surface area contributed by atoms with Crippen LogP contribution >= 0.6 is 0 Å². The monoisotopic (exact) mass is 297 g/mol. The maximum absolute atomic E-state index is 11.9. The van der Waals surface area contributed by atoms with Gasteiger partial charge in [-0.3, -0.25) is 9.63 Å². The predicted molar refractivity (Wildman–Crippen MR) is 76.0 cm³/mol. The molecule has 6 heteroatoms. The van der Waals surface area contributed by atoms with Crippen molar-refractivity contribution in [2.45, 2.75) is 32.9 Å². The molecule has 0 aliphatic carbocycles. The summed E-state index contributed by atoms with van der Waals surface area (Å²) in [5.74, 6) is 0.386. The normalized spacial score (nSPS) is 29.3. The fourth-order valence-electron chi connectivity index (χ4n) is 2.91. The Morgan fingerprint density at radius 3 is 2.76 bits per heavy atom. The summed E-state index contributed by atoms with van der Waals surface area (Å²) in [6.45, 7) is 6.45. The highest BCUT2D eigenvalue weighted by atomic mass is 16.7. The van der Waals surface area contributed by atoms with Crippen molar-refractivity contribution >= 4 is 5.97 Å².